The van der Waals surface area contributed by atoms with E-state index in [1.54, 1.807) is 13.3 Å². The number of anilines is 1. The summed E-state index contributed by atoms with van der Waals surface area (Å²) in [5.41, 5.74) is -0.753. The van der Waals surface area contributed by atoms with Gasteiger partial charge in [0.2, 0.25) is 0 Å². The summed E-state index contributed by atoms with van der Waals surface area (Å²) in [7, 11) is 1.72. The highest BCUT2D eigenvalue weighted by Crippen LogP contribution is 2.28. The van der Waals surface area contributed by atoms with Gasteiger partial charge in [0.15, 0.2) is 5.96 Å². The number of guanidine groups is 1. The molecule has 7 nitrogen and oxygen atoms in total. The number of nitrogens with zero attached hydrogens (tertiary/aromatic N) is 3. The van der Waals surface area contributed by atoms with Gasteiger partial charge in [-0.15, -0.1) is 0 Å². The number of alkyl halides is 3. The molecule has 0 aromatic carbocycles. The number of halogens is 3. The average molecular weight is 438 g/mol. The topological polar surface area (TPSA) is 77.7 Å². The number of aliphatic imine (C=N–C) groups is 1. The van der Waals surface area contributed by atoms with Crippen molar-refractivity contribution in [3.8, 4) is 0 Å². The number of aromatic nitrogens is 1. The molecule has 1 aliphatic heterocycles. The first-order valence-electron chi connectivity index (χ1n) is 10.5. The molecule has 170 valence electrons. The van der Waals surface area contributed by atoms with E-state index in [2.05, 4.69) is 30.8 Å². The van der Waals surface area contributed by atoms with Crippen molar-refractivity contribution in [1.82, 2.24) is 20.5 Å². The van der Waals surface area contributed by atoms with Crippen LogP contribution in [0.4, 0.5) is 19.0 Å². The summed E-state index contributed by atoms with van der Waals surface area (Å²) < 4.78 is 43.3. The Balaban J connectivity index is 1.38. The van der Waals surface area contributed by atoms with Crippen LogP contribution in [0.15, 0.2) is 46.1 Å². The number of rotatable bonds is 9. The smallest absolute Gasteiger partial charge is 0.417 e. The molecule has 3 N–H and O–H groups in total. The van der Waals surface area contributed by atoms with Crippen LogP contribution in [-0.2, 0) is 6.18 Å². The predicted octanol–water partition coefficient (Wildman–Crippen LogP) is 3.50. The Labute approximate surface area is 180 Å². The van der Waals surface area contributed by atoms with Crippen LogP contribution in [0.2, 0.25) is 0 Å². The van der Waals surface area contributed by atoms with E-state index in [9.17, 15) is 13.2 Å². The molecule has 0 radical (unpaired) electrons. The molecule has 3 rings (SSSR count). The Bertz CT molecular complexity index is 802. The van der Waals surface area contributed by atoms with Crippen LogP contribution in [-0.4, -0.2) is 55.6 Å². The average Bonchev–Trinajstić information content (AvgIpc) is 3.47. The molecule has 1 fully saturated rings. The van der Waals surface area contributed by atoms with Crippen LogP contribution < -0.4 is 16.0 Å². The first-order chi connectivity index (χ1) is 15.0. The molecule has 31 heavy (non-hydrogen) atoms. The number of nitrogens with one attached hydrogen (secondary N) is 3. The molecule has 0 amide bonds. The summed E-state index contributed by atoms with van der Waals surface area (Å²) >= 11 is 0. The second-order valence-electron chi connectivity index (χ2n) is 7.36. The van der Waals surface area contributed by atoms with Crippen molar-refractivity contribution in [1.29, 1.82) is 0 Å². The van der Waals surface area contributed by atoms with Crippen LogP contribution in [0, 0.1) is 0 Å². The maximum Gasteiger partial charge on any atom is 0.417 e. The van der Waals surface area contributed by atoms with E-state index in [4.69, 9.17) is 4.42 Å². The molecule has 0 bridgehead atoms. The van der Waals surface area contributed by atoms with E-state index in [1.165, 1.54) is 18.9 Å². The number of hydrogen-bond acceptors (Lipinski definition) is 5. The zero-order chi connectivity index (χ0) is 22.1. The maximum absolute atomic E-state index is 12.6. The van der Waals surface area contributed by atoms with Crippen LogP contribution in [0.1, 0.15) is 36.6 Å². The van der Waals surface area contributed by atoms with Crippen molar-refractivity contribution in [3.05, 3.63) is 48.0 Å². The van der Waals surface area contributed by atoms with E-state index in [1.807, 2.05) is 12.1 Å². The van der Waals surface area contributed by atoms with Gasteiger partial charge in [-0.05, 0) is 56.6 Å². The first kappa shape index (κ1) is 22.9. The Morgan fingerprint density at radius 1 is 1.19 bits per heavy atom. The third kappa shape index (κ3) is 6.88. The van der Waals surface area contributed by atoms with E-state index < -0.39 is 11.7 Å². The molecule has 0 saturated carbocycles. The zero-order valence-electron chi connectivity index (χ0n) is 17.6. The molecule has 2 aromatic rings. The highest BCUT2D eigenvalue weighted by Gasteiger charge is 2.30. The predicted molar refractivity (Wildman–Crippen MR) is 114 cm³/mol. The second-order valence-corrected chi connectivity index (χ2v) is 7.36. The SMILES string of the molecule is CN=C(NCCCNc1ccc(C(F)(F)F)cn1)NCC(c1ccco1)N1CCCC1. The van der Waals surface area contributed by atoms with E-state index in [-0.39, 0.29) is 6.04 Å². The van der Waals surface area contributed by atoms with Crippen LogP contribution in [0.25, 0.3) is 0 Å². The lowest BCUT2D eigenvalue weighted by atomic mass is 10.2. The fraction of sp³-hybridized carbons (Fsp3) is 0.524. The molecule has 1 atom stereocenters. The normalized spacial score (nSPS) is 16.3. The van der Waals surface area contributed by atoms with Gasteiger partial charge in [0.25, 0.3) is 0 Å². The van der Waals surface area contributed by atoms with Gasteiger partial charge in [0.05, 0.1) is 17.9 Å². The summed E-state index contributed by atoms with van der Waals surface area (Å²) in [5, 5.41) is 9.64. The van der Waals surface area contributed by atoms with Gasteiger partial charge < -0.3 is 20.4 Å². The molecule has 1 saturated heterocycles. The minimum absolute atomic E-state index is 0.156. The lowest BCUT2D eigenvalue weighted by Crippen LogP contribution is -2.43. The van der Waals surface area contributed by atoms with E-state index in [0.29, 0.717) is 31.4 Å². The van der Waals surface area contributed by atoms with Crippen LogP contribution in [0.5, 0.6) is 0 Å². The Morgan fingerprint density at radius 2 is 2.00 bits per heavy atom. The quantitative estimate of drug-likeness (QED) is 0.316. The number of hydrogen-bond donors (Lipinski definition) is 3. The summed E-state index contributed by atoms with van der Waals surface area (Å²) in [5.74, 6) is 2.06. The van der Waals surface area contributed by atoms with Gasteiger partial charge in [0, 0.05) is 32.9 Å². The fourth-order valence-electron chi connectivity index (χ4n) is 3.54. The summed E-state index contributed by atoms with van der Waals surface area (Å²) in [6, 6.07) is 6.42. The second kappa shape index (κ2) is 11.0. The number of furan rings is 1. The van der Waals surface area contributed by atoms with Gasteiger partial charge >= 0.3 is 6.18 Å². The van der Waals surface area contributed by atoms with Crippen molar-refractivity contribution in [3.63, 3.8) is 0 Å². The monoisotopic (exact) mass is 438 g/mol. The van der Waals surface area contributed by atoms with Gasteiger partial charge in [-0.3, -0.25) is 9.89 Å². The lowest BCUT2D eigenvalue weighted by Gasteiger charge is -2.26. The standard InChI is InChI=1S/C21H29F3N6O/c1-25-20(29-15-17(18-6-4-13-31-18)30-11-2-3-12-30)27-10-5-9-26-19-8-7-16(14-28-19)21(22,23)24/h4,6-8,13-14,17H,2-3,5,9-12,15H2,1H3,(H,26,28)(H2,25,27,29). The molecule has 10 heteroatoms. The van der Waals surface area contributed by atoms with Gasteiger partial charge in [-0.1, -0.05) is 0 Å². The summed E-state index contributed by atoms with van der Waals surface area (Å²) in [6.45, 7) is 4.03. The minimum Gasteiger partial charge on any atom is -0.468 e. The highest BCUT2D eigenvalue weighted by atomic mass is 19.4. The lowest BCUT2D eigenvalue weighted by molar-refractivity contribution is -0.137. The third-order valence-electron chi connectivity index (χ3n) is 5.18. The number of pyridine rings is 1. The Hall–Kier alpha value is -2.75. The van der Waals surface area contributed by atoms with Gasteiger partial charge in [0.1, 0.15) is 11.6 Å². The van der Waals surface area contributed by atoms with Crippen molar-refractivity contribution < 1.29 is 17.6 Å². The Morgan fingerprint density at radius 3 is 2.61 bits per heavy atom. The fourth-order valence-corrected chi connectivity index (χ4v) is 3.54. The van der Waals surface area contributed by atoms with E-state index >= 15 is 0 Å². The van der Waals surface area contributed by atoms with Crippen molar-refractivity contribution in [2.75, 3.05) is 45.1 Å². The highest BCUT2D eigenvalue weighted by molar-refractivity contribution is 5.79. The first-order valence-corrected chi connectivity index (χ1v) is 10.5. The molecule has 0 spiro atoms. The zero-order valence-corrected chi connectivity index (χ0v) is 17.6. The van der Waals surface area contributed by atoms with Gasteiger partial charge in [-0.25, -0.2) is 4.98 Å². The molecular weight excluding hydrogens is 409 g/mol. The Kier molecular flexibility index (Phi) is 8.16. The molecular formula is C21H29F3N6O. The third-order valence-corrected chi connectivity index (χ3v) is 5.18. The van der Waals surface area contributed by atoms with E-state index in [0.717, 1.165) is 37.5 Å². The molecule has 1 aliphatic rings. The minimum atomic E-state index is -4.37. The van der Waals surface area contributed by atoms with Gasteiger partial charge in [-0.2, -0.15) is 13.2 Å². The molecule has 0 aliphatic carbocycles. The number of likely N-dealkylation sites (tertiary alicyclic amines) is 1. The van der Waals surface area contributed by atoms with Crippen LogP contribution >= 0.6 is 0 Å². The largest absolute Gasteiger partial charge is 0.468 e. The summed E-state index contributed by atoms with van der Waals surface area (Å²) in [6.07, 6.45) is 1.31. The van der Waals surface area contributed by atoms with Crippen molar-refractivity contribution in [2.45, 2.75) is 31.5 Å². The van der Waals surface area contributed by atoms with Crippen molar-refractivity contribution in [2.24, 2.45) is 4.99 Å². The molecule has 2 aromatic heterocycles. The summed E-state index contributed by atoms with van der Waals surface area (Å²) in [4.78, 5) is 10.5. The maximum atomic E-state index is 12.6. The molecule has 1 unspecified atom stereocenters. The van der Waals surface area contributed by atoms with Crippen LogP contribution in [0.3, 0.4) is 0 Å². The molecule has 3 heterocycles. The van der Waals surface area contributed by atoms with Crippen molar-refractivity contribution >= 4 is 11.8 Å².